The van der Waals surface area contributed by atoms with Gasteiger partial charge in [-0.15, -0.1) is 10.2 Å². The molecule has 1 aromatic heterocycles. The van der Waals surface area contributed by atoms with Gasteiger partial charge in [-0.05, 0) is 56.0 Å². The zero-order chi connectivity index (χ0) is 14.7. The molecule has 0 saturated carbocycles. The molecule has 2 N–H and O–H groups in total. The molecule has 0 unspecified atom stereocenters. The van der Waals surface area contributed by atoms with Crippen LogP contribution in [0, 0.1) is 27.7 Å². The van der Waals surface area contributed by atoms with E-state index in [-0.39, 0.29) is 11.5 Å². The summed E-state index contributed by atoms with van der Waals surface area (Å²) >= 11 is 0. The Morgan fingerprint density at radius 3 is 2.50 bits per heavy atom. The molecule has 0 fully saturated rings. The highest BCUT2D eigenvalue weighted by molar-refractivity contribution is 5.82. The average Bonchev–Trinajstić information content (AvgIpc) is 2.39. The maximum atomic E-state index is 11.4. The molecular formula is C14H17N5O. The molecule has 0 atom stereocenters. The van der Waals surface area contributed by atoms with E-state index in [0.717, 1.165) is 11.1 Å². The van der Waals surface area contributed by atoms with Crippen LogP contribution in [0.25, 0.3) is 0 Å². The van der Waals surface area contributed by atoms with Crippen molar-refractivity contribution in [2.24, 2.45) is 5.10 Å². The third kappa shape index (κ3) is 3.09. The van der Waals surface area contributed by atoms with Gasteiger partial charge in [0.05, 0.1) is 6.21 Å². The van der Waals surface area contributed by atoms with Crippen molar-refractivity contribution in [3.63, 3.8) is 0 Å². The number of anilines is 1. The molecule has 1 aromatic carbocycles. The van der Waals surface area contributed by atoms with Crippen molar-refractivity contribution >= 4 is 12.2 Å². The number of H-pyrrole nitrogens is 1. The van der Waals surface area contributed by atoms with Crippen LogP contribution in [0.1, 0.15) is 27.9 Å². The number of hydrogen-bond donors (Lipinski definition) is 2. The van der Waals surface area contributed by atoms with Crippen LogP contribution in [0.3, 0.4) is 0 Å². The summed E-state index contributed by atoms with van der Waals surface area (Å²) in [5.74, 6) is 0.221. The highest BCUT2D eigenvalue weighted by Gasteiger charge is 2.00. The van der Waals surface area contributed by atoms with E-state index in [1.54, 1.807) is 13.1 Å². The van der Waals surface area contributed by atoms with Crippen LogP contribution in [0.2, 0.25) is 0 Å². The zero-order valence-electron chi connectivity index (χ0n) is 12.0. The Hall–Kier alpha value is -2.50. The number of hydrogen-bond acceptors (Lipinski definition) is 5. The summed E-state index contributed by atoms with van der Waals surface area (Å²) < 4.78 is 0. The normalized spacial score (nSPS) is 11.0. The molecule has 0 saturated heterocycles. The Labute approximate surface area is 117 Å². The van der Waals surface area contributed by atoms with Gasteiger partial charge in [-0.25, -0.2) is 5.43 Å². The van der Waals surface area contributed by atoms with Crippen molar-refractivity contribution in [2.75, 3.05) is 5.43 Å². The SMILES string of the molecule is Cc1cc(C)c(/C=N\Nc2nnc(C)c(=O)[nH]2)cc1C. The molecule has 1 heterocycles. The van der Waals surface area contributed by atoms with Gasteiger partial charge in [-0.1, -0.05) is 6.07 Å². The number of nitrogens with zero attached hydrogens (tertiary/aromatic N) is 3. The summed E-state index contributed by atoms with van der Waals surface area (Å²) in [4.78, 5) is 13.9. The van der Waals surface area contributed by atoms with Gasteiger partial charge in [0.15, 0.2) is 0 Å². The van der Waals surface area contributed by atoms with Gasteiger partial charge < -0.3 is 0 Å². The predicted octanol–water partition coefficient (Wildman–Crippen LogP) is 1.84. The average molecular weight is 271 g/mol. The van der Waals surface area contributed by atoms with Gasteiger partial charge in [-0.3, -0.25) is 9.78 Å². The highest BCUT2D eigenvalue weighted by Crippen LogP contribution is 2.13. The molecule has 104 valence electrons. The second-order valence-electron chi connectivity index (χ2n) is 4.75. The lowest BCUT2D eigenvalue weighted by molar-refractivity contribution is 0.897. The van der Waals surface area contributed by atoms with Gasteiger partial charge in [0, 0.05) is 0 Å². The monoisotopic (exact) mass is 271 g/mol. The van der Waals surface area contributed by atoms with E-state index < -0.39 is 0 Å². The lowest BCUT2D eigenvalue weighted by atomic mass is 10.0. The summed E-state index contributed by atoms with van der Waals surface area (Å²) in [6.45, 7) is 7.76. The van der Waals surface area contributed by atoms with Gasteiger partial charge in [0.1, 0.15) is 5.69 Å². The topological polar surface area (TPSA) is 83.0 Å². The molecule has 0 aliphatic heterocycles. The van der Waals surface area contributed by atoms with Crippen molar-refractivity contribution in [3.8, 4) is 0 Å². The van der Waals surface area contributed by atoms with E-state index in [1.165, 1.54) is 11.1 Å². The number of aryl methyl sites for hydroxylation is 4. The number of benzene rings is 1. The lowest BCUT2D eigenvalue weighted by Gasteiger charge is -2.05. The molecule has 0 aliphatic rings. The van der Waals surface area contributed by atoms with E-state index in [9.17, 15) is 4.79 Å². The molecule has 6 nitrogen and oxygen atoms in total. The summed E-state index contributed by atoms with van der Waals surface area (Å²) in [5, 5.41) is 11.6. The van der Waals surface area contributed by atoms with Crippen LogP contribution in [-0.2, 0) is 0 Å². The number of aromatic nitrogens is 3. The quantitative estimate of drug-likeness (QED) is 0.659. The Kier molecular flexibility index (Phi) is 3.93. The fraction of sp³-hybridized carbons (Fsp3) is 0.286. The smallest absolute Gasteiger partial charge is 0.274 e. The van der Waals surface area contributed by atoms with Gasteiger partial charge >= 0.3 is 0 Å². The second kappa shape index (κ2) is 5.64. The maximum Gasteiger partial charge on any atom is 0.274 e. The third-order valence-corrected chi connectivity index (χ3v) is 3.12. The Morgan fingerprint density at radius 2 is 1.80 bits per heavy atom. The number of rotatable bonds is 3. The first-order valence-electron chi connectivity index (χ1n) is 6.28. The van der Waals surface area contributed by atoms with Crippen molar-refractivity contribution in [2.45, 2.75) is 27.7 Å². The molecule has 0 bridgehead atoms. The van der Waals surface area contributed by atoms with Crippen molar-refractivity contribution in [1.29, 1.82) is 0 Å². The van der Waals surface area contributed by atoms with Crippen LogP contribution in [0.4, 0.5) is 5.95 Å². The molecule has 2 rings (SSSR count). The van der Waals surface area contributed by atoms with E-state index in [4.69, 9.17) is 0 Å². The Balaban J connectivity index is 2.16. The van der Waals surface area contributed by atoms with Crippen molar-refractivity contribution in [1.82, 2.24) is 15.2 Å². The second-order valence-corrected chi connectivity index (χ2v) is 4.75. The fourth-order valence-corrected chi connectivity index (χ4v) is 1.73. The summed E-state index contributed by atoms with van der Waals surface area (Å²) in [6.07, 6.45) is 1.70. The fourth-order valence-electron chi connectivity index (χ4n) is 1.73. The highest BCUT2D eigenvalue weighted by atomic mass is 16.1. The molecule has 0 aliphatic carbocycles. The first kappa shape index (κ1) is 13.9. The lowest BCUT2D eigenvalue weighted by Crippen LogP contribution is -2.15. The number of hydrazone groups is 1. The van der Waals surface area contributed by atoms with E-state index in [0.29, 0.717) is 5.69 Å². The Morgan fingerprint density at radius 1 is 1.10 bits per heavy atom. The van der Waals surface area contributed by atoms with E-state index in [1.807, 2.05) is 6.92 Å². The largest absolute Gasteiger partial charge is 0.288 e. The molecule has 20 heavy (non-hydrogen) atoms. The maximum absolute atomic E-state index is 11.4. The molecular weight excluding hydrogens is 254 g/mol. The van der Waals surface area contributed by atoms with E-state index in [2.05, 4.69) is 51.7 Å². The first-order valence-corrected chi connectivity index (χ1v) is 6.28. The zero-order valence-corrected chi connectivity index (χ0v) is 12.0. The van der Waals surface area contributed by atoms with Crippen LogP contribution < -0.4 is 11.0 Å². The summed E-state index contributed by atoms with van der Waals surface area (Å²) in [7, 11) is 0. The number of aromatic amines is 1. The molecule has 0 radical (unpaired) electrons. The molecule has 0 amide bonds. The van der Waals surface area contributed by atoms with Crippen LogP contribution >= 0.6 is 0 Å². The van der Waals surface area contributed by atoms with E-state index >= 15 is 0 Å². The van der Waals surface area contributed by atoms with Gasteiger partial charge in [0.2, 0.25) is 5.95 Å². The van der Waals surface area contributed by atoms with Gasteiger partial charge in [-0.2, -0.15) is 5.10 Å². The van der Waals surface area contributed by atoms with Crippen molar-refractivity contribution < 1.29 is 0 Å². The summed E-state index contributed by atoms with van der Waals surface area (Å²) in [5.41, 5.74) is 7.33. The predicted molar refractivity (Wildman–Crippen MR) is 79.3 cm³/mol. The Bertz CT molecular complexity index is 718. The minimum absolute atomic E-state index is 0.221. The van der Waals surface area contributed by atoms with Gasteiger partial charge in [0.25, 0.3) is 5.56 Å². The summed E-state index contributed by atoms with van der Waals surface area (Å²) in [6, 6.07) is 4.18. The van der Waals surface area contributed by atoms with Crippen LogP contribution in [0.5, 0.6) is 0 Å². The molecule has 6 heteroatoms. The standard InChI is InChI=1S/C14H17N5O/c1-8-5-10(3)12(6-9(8)2)7-15-18-14-16-13(20)11(4)17-19-14/h5-7H,1-4H3,(H2,16,18,19,20)/b15-7-. The third-order valence-electron chi connectivity index (χ3n) is 3.12. The molecule has 0 spiro atoms. The minimum atomic E-state index is -0.278. The van der Waals surface area contributed by atoms with Crippen LogP contribution in [0.15, 0.2) is 22.0 Å². The number of nitrogens with one attached hydrogen (secondary N) is 2. The van der Waals surface area contributed by atoms with Crippen molar-refractivity contribution in [3.05, 3.63) is 50.4 Å². The first-order chi connectivity index (χ1) is 9.47. The minimum Gasteiger partial charge on any atom is -0.288 e. The molecule has 2 aromatic rings. The van der Waals surface area contributed by atoms with Crippen LogP contribution in [-0.4, -0.2) is 21.4 Å².